The second kappa shape index (κ2) is 10.8. The molecule has 9 heteroatoms. The predicted molar refractivity (Wildman–Crippen MR) is 131 cm³/mol. The number of sulfonamides is 1. The Morgan fingerprint density at radius 3 is 2.12 bits per heavy atom. The molecule has 0 radical (unpaired) electrons. The van der Waals surface area contributed by atoms with Crippen LogP contribution in [0.4, 0.5) is 5.13 Å². The van der Waals surface area contributed by atoms with Gasteiger partial charge in [0, 0.05) is 31.1 Å². The van der Waals surface area contributed by atoms with Crippen LogP contribution in [0, 0.1) is 0 Å². The van der Waals surface area contributed by atoms with Crippen molar-refractivity contribution in [2.24, 2.45) is 0 Å². The molecule has 7 nitrogen and oxygen atoms in total. The number of Topliss-reactive ketones (excluding diaryl/α,β-unsaturated/α-hetero) is 1. The van der Waals surface area contributed by atoms with Gasteiger partial charge in [-0.15, -0.1) is 0 Å². The number of benzene rings is 2. The molecule has 0 aliphatic carbocycles. The first kappa shape index (κ1) is 24.8. The predicted octanol–water partition coefficient (Wildman–Crippen LogP) is 5.08. The minimum atomic E-state index is -3.62. The smallest absolute Gasteiger partial charge is 0.257 e. The van der Waals surface area contributed by atoms with Crippen molar-refractivity contribution in [2.45, 2.75) is 38.5 Å². The maximum atomic E-state index is 12.9. The normalized spacial score (nSPS) is 11.5. The quantitative estimate of drug-likeness (QED) is 0.404. The van der Waals surface area contributed by atoms with Crippen LogP contribution in [0.25, 0.3) is 11.3 Å². The van der Waals surface area contributed by atoms with Gasteiger partial charge in [0.1, 0.15) is 0 Å². The van der Waals surface area contributed by atoms with E-state index in [4.69, 9.17) is 0 Å². The Labute approximate surface area is 198 Å². The summed E-state index contributed by atoms with van der Waals surface area (Å²) in [5.41, 5.74) is 1.61. The van der Waals surface area contributed by atoms with Crippen LogP contribution in [-0.2, 0) is 10.0 Å². The van der Waals surface area contributed by atoms with Gasteiger partial charge < -0.3 is 0 Å². The number of rotatable bonds is 10. The number of amides is 1. The van der Waals surface area contributed by atoms with Gasteiger partial charge in [-0.2, -0.15) is 4.31 Å². The van der Waals surface area contributed by atoms with Crippen LogP contribution in [-0.4, -0.2) is 42.5 Å². The van der Waals surface area contributed by atoms with Crippen molar-refractivity contribution in [3.63, 3.8) is 0 Å². The molecule has 0 bridgehead atoms. The number of anilines is 1. The molecule has 3 aromatic rings. The van der Waals surface area contributed by atoms with E-state index in [1.54, 1.807) is 0 Å². The van der Waals surface area contributed by atoms with Gasteiger partial charge in [-0.1, -0.05) is 55.5 Å². The molecular formula is C24H27N3O4S2. The number of nitrogens with zero attached hydrogens (tertiary/aromatic N) is 2. The van der Waals surface area contributed by atoms with Crippen molar-refractivity contribution in [3.05, 3.63) is 65.0 Å². The number of aromatic nitrogens is 1. The highest BCUT2D eigenvalue weighted by Gasteiger charge is 2.23. The summed E-state index contributed by atoms with van der Waals surface area (Å²) in [6, 6.07) is 15.1. The maximum absolute atomic E-state index is 12.9. The van der Waals surface area contributed by atoms with Gasteiger partial charge in [0.05, 0.1) is 15.5 Å². The summed E-state index contributed by atoms with van der Waals surface area (Å²) < 4.78 is 27.3. The van der Waals surface area contributed by atoms with E-state index in [1.165, 1.54) is 35.5 Å². The summed E-state index contributed by atoms with van der Waals surface area (Å²) in [5, 5.41) is 3.03. The highest BCUT2D eigenvalue weighted by atomic mass is 32.2. The van der Waals surface area contributed by atoms with E-state index in [9.17, 15) is 18.0 Å². The van der Waals surface area contributed by atoms with Crippen molar-refractivity contribution in [3.8, 4) is 11.3 Å². The number of thiazole rings is 1. The lowest BCUT2D eigenvalue weighted by Gasteiger charge is -2.21. The topological polar surface area (TPSA) is 96.4 Å². The summed E-state index contributed by atoms with van der Waals surface area (Å²) in [5.74, 6) is -0.563. The molecular weight excluding hydrogens is 458 g/mol. The molecule has 0 aliphatic rings. The van der Waals surface area contributed by atoms with Crippen molar-refractivity contribution >= 4 is 38.2 Å². The number of hydrogen-bond donors (Lipinski definition) is 1. The molecule has 174 valence electrons. The molecule has 3 rings (SSSR count). The Bertz CT molecular complexity index is 1210. The van der Waals surface area contributed by atoms with Crippen molar-refractivity contribution in [2.75, 3.05) is 18.4 Å². The Hall–Kier alpha value is -2.88. The van der Waals surface area contributed by atoms with E-state index in [-0.39, 0.29) is 10.7 Å². The van der Waals surface area contributed by atoms with E-state index in [0.29, 0.717) is 34.4 Å². The number of hydrogen-bond acceptors (Lipinski definition) is 6. The highest BCUT2D eigenvalue weighted by molar-refractivity contribution is 7.89. The van der Waals surface area contributed by atoms with Gasteiger partial charge in [0.2, 0.25) is 10.0 Å². The van der Waals surface area contributed by atoms with Crippen LogP contribution < -0.4 is 5.32 Å². The Morgan fingerprint density at radius 2 is 1.58 bits per heavy atom. The number of carbonyl (C=O) groups excluding carboxylic acids is 2. The Balaban J connectivity index is 1.81. The molecule has 0 spiro atoms. The summed E-state index contributed by atoms with van der Waals surface area (Å²) in [7, 11) is -3.62. The molecule has 0 saturated carbocycles. The molecule has 0 fully saturated rings. The fraction of sp³-hybridized carbons (Fsp3) is 0.292. The lowest BCUT2D eigenvalue weighted by Crippen LogP contribution is -2.32. The van der Waals surface area contributed by atoms with Crippen LogP contribution in [0.3, 0.4) is 0 Å². The summed E-state index contributed by atoms with van der Waals surface area (Å²) >= 11 is 1.11. The standard InChI is InChI=1S/C24H27N3O4S2/c1-4-15-27(16-5-2)33(30,31)20-13-11-19(12-14-20)23(29)26-24-25-21(22(32-24)17(3)28)18-9-7-6-8-10-18/h6-14H,4-5,15-16H2,1-3H3,(H,25,26,29). The monoisotopic (exact) mass is 485 g/mol. The van der Waals surface area contributed by atoms with Gasteiger partial charge in [-0.25, -0.2) is 13.4 Å². The zero-order chi connectivity index (χ0) is 24.0. The zero-order valence-electron chi connectivity index (χ0n) is 18.9. The first-order valence-electron chi connectivity index (χ1n) is 10.8. The van der Waals surface area contributed by atoms with Gasteiger partial charge >= 0.3 is 0 Å². The zero-order valence-corrected chi connectivity index (χ0v) is 20.5. The van der Waals surface area contributed by atoms with Crippen LogP contribution in [0.1, 0.15) is 53.6 Å². The minimum Gasteiger partial charge on any atom is -0.298 e. The molecule has 0 unspecified atom stereocenters. The number of nitrogens with one attached hydrogen (secondary N) is 1. The first-order valence-corrected chi connectivity index (χ1v) is 13.0. The average molecular weight is 486 g/mol. The van der Waals surface area contributed by atoms with Gasteiger partial charge in [0.25, 0.3) is 5.91 Å². The van der Waals surface area contributed by atoms with Gasteiger partial charge in [-0.05, 0) is 37.1 Å². The van der Waals surface area contributed by atoms with E-state index in [0.717, 1.165) is 29.7 Å². The second-order valence-corrected chi connectivity index (χ2v) is 10.4. The Morgan fingerprint density at radius 1 is 0.970 bits per heavy atom. The van der Waals surface area contributed by atoms with Gasteiger partial charge in [-0.3, -0.25) is 14.9 Å². The van der Waals surface area contributed by atoms with Gasteiger partial charge in [0.15, 0.2) is 10.9 Å². The van der Waals surface area contributed by atoms with Crippen LogP contribution >= 0.6 is 11.3 Å². The number of ketones is 1. The third kappa shape index (κ3) is 5.73. The molecule has 1 heterocycles. The molecule has 1 aromatic heterocycles. The lowest BCUT2D eigenvalue weighted by molar-refractivity contribution is 0.101. The second-order valence-electron chi connectivity index (χ2n) is 7.50. The fourth-order valence-corrected chi connectivity index (χ4v) is 5.85. The molecule has 0 atom stereocenters. The SMILES string of the molecule is CCCN(CCC)S(=O)(=O)c1ccc(C(=O)Nc2nc(-c3ccccc3)c(C(C)=O)s2)cc1. The summed E-state index contributed by atoms with van der Waals surface area (Å²) in [6.45, 7) is 6.23. The van der Waals surface area contributed by atoms with E-state index in [2.05, 4.69) is 10.3 Å². The van der Waals surface area contributed by atoms with Crippen molar-refractivity contribution in [1.82, 2.24) is 9.29 Å². The third-order valence-electron chi connectivity index (χ3n) is 4.91. The first-order chi connectivity index (χ1) is 15.8. The van der Waals surface area contributed by atoms with E-state index in [1.807, 2.05) is 44.2 Å². The molecule has 1 amide bonds. The van der Waals surface area contributed by atoms with E-state index >= 15 is 0 Å². The van der Waals surface area contributed by atoms with Crippen molar-refractivity contribution < 1.29 is 18.0 Å². The Kier molecular flexibility index (Phi) is 8.12. The van der Waals surface area contributed by atoms with E-state index < -0.39 is 15.9 Å². The lowest BCUT2D eigenvalue weighted by atomic mass is 10.1. The van der Waals surface area contributed by atoms with Crippen LogP contribution in [0.2, 0.25) is 0 Å². The van der Waals surface area contributed by atoms with Crippen LogP contribution in [0.15, 0.2) is 59.5 Å². The minimum absolute atomic E-state index is 0.134. The molecule has 0 aliphatic heterocycles. The molecule has 0 saturated heterocycles. The van der Waals surface area contributed by atoms with Crippen LogP contribution in [0.5, 0.6) is 0 Å². The molecule has 1 N–H and O–H groups in total. The van der Waals surface area contributed by atoms with Crippen molar-refractivity contribution in [1.29, 1.82) is 0 Å². The highest BCUT2D eigenvalue weighted by Crippen LogP contribution is 2.31. The third-order valence-corrected chi connectivity index (χ3v) is 7.90. The summed E-state index contributed by atoms with van der Waals surface area (Å²) in [6.07, 6.45) is 1.45. The summed E-state index contributed by atoms with van der Waals surface area (Å²) in [4.78, 5) is 29.9. The fourth-order valence-electron chi connectivity index (χ4n) is 3.35. The average Bonchev–Trinajstić information content (AvgIpc) is 3.24. The largest absolute Gasteiger partial charge is 0.298 e. The maximum Gasteiger partial charge on any atom is 0.257 e. The molecule has 33 heavy (non-hydrogen) atoms. The number of carbonyl (C=O) groups is 2. The molecule has 2 aromatic carbocycles.